The van der Waals surface area contributed by atoms with Gasteiger partial charge < -0.3 is 4.90 Å². The molecule has 0 bridgehead atoms. The van der Waals surface area contributed by atoms with Crippen LogP contribution in [0.5, 0.6) is 0 Å². The molecule has 2 aliphatic rings. The lowest BCUT2D eigenvalue weighted by atomic mass is 10.1. The summed E-state index contributed by atoms with van der Waals surface area (Å²) in [7, 11) is 2.12. The van der Waals surface area contributed by atoms with Crippen molar-refractivity contribution in [2.75, 3.05) is 7.05 Å². The van der Waals surface area contributed by atoms with Crippen LogP contribution in [0, 0.1) is 0 Å². The Morgan fingerprint density at radius 3 is 3.08 bits per heavy atom. The summed E-state index contributed by atoms with van der Waals surface area (Å²) < 4.78 is 0. The fourth-order valence-electron chi connectivity index (χ4n) is 1.74. The van der Waals surface area contributed by atoms with Crippen molar-refractivity contribution in [1.29, 1.82) is 0 Å². The third-order valence-electron chi connectivity index (χ3n) is 2.78. The van der Waals surface area contributed by atoms with Gasteiger partial charge in [-0.2, -0.15) is 0 Å². The highest BCUT2D eigenvalue weighted by molar-refractivity contribution is 8.03. The highest BCUT2D eigenvalue weighted by Gasteiger charge is 2.34. The third kappa shape index (κ3) is 1.07. The van der Waals surface area contributed by atoms with Gasteiger partial charge in [-0.1, -0.05) is 6.08 Å². The average molecular weight is 182 g/mol. The van der Waals surface area contributed by atoms with Crippen LogP contribution in [0.3, 0.4) is 0 Å². The van der Waals surface area contributed by atoms with Crippen molar-refractivity contribution in [3.05, 3.63) is 11.5 Å². The van der Waals surface area contributed by atoms with E-state index in [0.29, 0.717) is 17.3 Å². The summed E-state index contributed by atoms with van der Waals surface area (Å²) in [6.07, 6.45) is 2.21. The normalized spacial score (nSPS) is 39.8. The molecule has 0 aliphatic carbocycles. The molecule has 0 amide bonds. The Labute approximate surface area is 77.7 Å². The number of amidine groups is 1. The molecule has 3 heteroatoms. The zero-order valence-corrected chi connectivity index (χ0v) is 8.51. The fraction of sp³-hybridized carbons (Fsp3) is 0.667. The largest absolute Gasteiger partial charge is 0.360 e. The topological polar surface area (TPSA) is 15.6 Å². The maximum Gasteiger partial charge on any atom is 0.0965 e. The molecule has 0 saturated heterocycles. The molecule has 2 aliphatic heterocycles. The van der Waals surface area contributed by atoms with Gasteiger partial charge in [0.2, 0.25) is 0 Å². The second-order valence-electron chi connectivity index (χ2n) is 3.45. The van der Waals surface area contributed by atoms with Gasteiger partial charge >= 0.3 is 0 Å². The Hall–Kier alpha value is -0.440. The Balaban J connectivity index is 2.28. The van der Waals surface area contributed by atoms with Crippen molar-refractivity contribution in [3.63, 3.8) is 0 Å². The van der Waals surface area contributed by atoms with Crippen molar-refractivity contribution in [1.82, 2.24) is 4.90 Å². The van der Waals surface area contributed by atoms with Crippen LogP contribution in [0.2, 0.25) is 0 Å². The molecule has 3 atom stereocenters. The van der Waals surface area contributed by atoms with Gasteiger partial charge in [0, 0.05) is 13.1 Å². The molecule has 0 N–H and O–H groups in total. The van der Waals surface area contributed by atoms with Crippen LogP contribution >= 0.6 is 11.8 Å². The number of hydrogen-bond acceptors (Lipinski definition) is 3. The van der Waals surface area contributed by atoms with Crippen molar-refractivity contribution in [2.45, 2.75) is 31.2 Å². The zero-order chi connectivity index (χ0) is 8.72. The van der Waals surface area contributed by atoms with Gasteiger partial charge in [0.25, 0.3) is 0 Å². The molecule has 0 spiro atoms. The van der Waals surface area contributed by atoms with Crippen LogP contribution in [-0.2, 0) is 0 Å². The van der Waals surface area contributed by atoms with Gasteiger partial charge in [-0.25, -0.2) is 0 Å². The molecule has 0 radical (unpaired) electrons. The molecule has 66 valence electrons. The Morgan fingerprint density at radius 1 is 1.58 bits per heavy atom. The Morgan fingerprint density at radius 2 is 2.33 bits per heavy atom. The molecular weight excluding hydrogens is 168 g/mol. The molecule has 0 aromatic rings. The summed E-state index contributed by atoms with van der Waals surface area (Å²) in [6.45, 7) is 4.36. The molecule has 12 heavy (non-hydrogen) atoms. The van der Waals surface area contributed by atoms with E-state index in [9.17, 15) is 0 Å². The van der Waals surface area contributed by atoms with Crippen molar-refractivity contribution < 1.29 is 0 Å². The van der Waals surface area contributed by atoms with E-state index in [0.717, 1.165) is 5.84 Å². The predicted molar refractivity (Wildman–Crippen MR) is 54.6 cm³/mol. The summed E-state index contributed by atoms with van der Waals surface area (Å²) >= 11 is 1.91. The minimum Gasteiger partial charge on any atom is -0.360 e. The van der Waals surface area contributed by atoms with Crippen LogP contribution in [0.4, 0.5) is 0 Å². The second-order valence-corrected chi connectivity index (χ2v) is 4.54. The lowest BCUT2D eigenvalue weighted by Gasteiger charge is -2.37. The molecule has 0 aromatic heterocycles. The summed E-state index contributed by atoms with van der Waals surface area (Å²) in [5.74, 6) is 1.16. The van der Waals surface area contributed by atoms with E-state index in [1.165, 1.54) is 0 Å². The molecule has 0 fully saturated rings. The summed E-state index contributed by atoms with van der Waals surface area (Å²) in [4.78, 5) is 6.88. The number of thioether (sulfide) groups is 1. The summed E-state index contributed by atoms with van der Waals surface area (Å²) in [6, 6.07) is 1.04. The standard InChI is InChI=1S/C9H14N2S/c1-6-9-8(4-5-12-9)10-7(2)11(6)3/h4-6,8-9H,1-3H3/t6-,8?,9?/m0/s1. The third-order valence-corrected chi connectivity index (χ3v) is 4.08. The fourth-order valence-corrected chi connectivity index (χ4v) is 2.90. The van der Waals surface area contributed by atoms with Crippen LogP contribution in [0.25, 0.3) is 0 Å². The molecule has 2 heterocycles. The first kappa shape index (κ1) is 8.17. The summed E-state index contributed by atoms with van der Waals surface area (Å²) in [5, 5.41) is 2.82. The van der Waals surface area contributed by atoms with E-state index in [4.69, 9.17) is 0 Å². The van der Waals surface area contributed by atoms with Gasteiger partial charge in [0.05, 0.1) is 17.1 Å². The zero-order valence-electron chi connectivity index (χ0n) is 7.69. The Bertz CT molecular complexity index is 247. The minimum absolute atomic E-state index is 0.432. The molecule has 2 unspecified atom stereocenters. The highest BCUT2D eigenvalue weighted by Crippen LogP contribution is 2.34. The van der Waals surface area contributed by atoms with Gasteiger partial charge in [0.15, 0.2) is 0 Å². The predicted octanol–water partition coefficient (Wildman–Crippen LogP) is 1.74. The SMILES string of the molecule is CC1=NC2C=CSC2[C@H](C)N1C. The average Bonchev–Trinajstić information content (AvgIpc) is 2.48. The van der Waals surface area contributed by atoms with E-state index in [-0.39, 0.29) is 0 Å². The first-order valence-electron chi connectivity index (χ1n) is 4.29. The van der Waals surface area contributed by atoms with E-state index < -0.39 is 0 Å². The minimum atomic E-state index is 0.432. The quantitative estimate of drug-likeness (QED) is 0.567. The number of aliphatic imine (C=N–C) groups is 1. The smallest absolute Gasteiger partial charge is 0.0965 e. The number of rotatable bonds is 0. The van der Waals surface area contributed by atoms with E-state index in [1.54, 1.807) is 0 Å². The van der Waals surface area contributed by atoms with Crippen molar-refractivity contribution in [2.24, 2.45) is 4.99 Å². The van der Waals surface area contributed by atoms with Gasteiger partial charge in [-0.3, -0.25) is 4.99 Å². The van der Waals surface area contributed by atoms with E-state index in [1.807, 2.05) is 11.8 Å². The lowest BCUT2D eigenvalue weighted by molar-refractivity contribution is 0.345. The van der Waals surface area contributed by atoms with Crippen LogP contribution < -0.4 is 0 Å². The Kier molecular flexibility index (Phi) is 1.91. The van der Waals surface area contributed by atoms with Gasteiger partial charge in [-0.15, -0.1) is 11.8 Å². The van der Waals surface area contributed by atoms with Crippen LogP contribution in [0.15, 0.2) is 16.5 Å². The van der Waals surface area contributed by atoms with E-state index >= 15 is 0 Å². The van der Waals surface area contributed by atoms with E-state index in [2.05, 4.69) is 42.3 Å². The van der Waals surface area contributed by atoms with Gasteiger partial charge in [0.1, 0.15) is 0 Å². The van der Waals surface area contributed by atoms with Crippen molar-refractivity contribution in [3.8, 4) is 0 Å². The second kappa shape index (κ2) is 2.80. The first-order valence-corrected chi connectivity index (χ1v) is 5.24. The maximum atomic E-state index is 4.61. The van der Waals surface area contributed by atoms with Crippen LogP contribution in [-0.4, -0.2) is 35.1 Å². The molecule has 0 aromatic carbocycles. The number of nitrogens with zero attached hydrogens (tertiary/aromatic N) is 2. The maximum absolute atomic E-state index is 4.61. The molecule has 2 rings (SSSR count). The van der Waals surface area contributed by atoms with Gasteiger partial charge in [-0.05, 0) is 19.3 Å². The highest BCUT2D eigenvalue weighted by atomic mass is 32.2. The molecule has 0 saturated carbocycles. The number of fused-ring (bicyclic) bond motifs is 1. The monoisotopic (exact) mass is 182 g/mol. The van der Waals surface area contributed by atoms with Crippen LogP contribution in [0.1, 0.15) is 13.8 Å². The first-order chi connectivity index (χ1) is 5.70. The lowest BCUT2D eigenvalue weighted by Crippen LogP contribution is -2.47. The molecular formula is C9H14N2S. The van der Waals surface area contributed by atoms with Crippen molar-refractivity contribution >= 4 is 17.6 Å². The summed E-state index contributed by atoms with van der Waals surface area (Å²) in [5.41, 5.74) is 0. The molecule has 2 nitrogen and oxygen atoms in total. The number of hydrogen-bond donors (Lipinski definition) is 0.